The molecule has 0 bridgehead atoms. The molecular weight excluding hydrogens is 437 g/mol. The molecule has 3 aromatic rings. The zero-order valence-electron chi connectivity index (χ0n) is 17.7. The highest BCUT2D eigenvalue weighted by Gasteiger charge is 2.15. The molecule has 168 valence electrons. The molecule has 1 aliphatic rings. The summed E-state index contributed by atoms with van der Waals surface area (Å²) in [7, 11) is 3.07. The molecule has 1 aromatic heterocycles. The molecule has 0 aliphatic carbocycles. The minimum Gasteiger partial charge on any atom is -0.494 e. The molecule has 0 amide bonds. The molecule has 2 N–H and O–H groups in total. The first kappa shape index (κ1) is 21.9. The van der Waals surface area contributed by atoms with Crippen molar-refractivity contribution in [1.29, 1.82) is 0 Å². The number of nitrogens with zero attached hydrogens (tertiary/aromatic N) is 3. The second-order valence-electron chi connectivity index (χ2n) is 6.97. The van der Waals surface area contributed by atoms with Gasteiger partial charge in [-0.1, -0.05) is 11.6 Å². The van der Waals surface area contributed by atoms with E-state index in [0.29, 0.717) is 46.9 Å². The molecule has 1 fully saturated rings. The summed E-state index contributed by atoms with van der Waals surface area (Å²) >= 11 is 6.32. The van der Waals surface area contributed by atoms with Gasteiger partial charge in [-0.05, 0) is 24.3 Å². The van der Waals surface area contributed by atoms with Crippen LogP contribution in [0.15, 0.2) is 42.6 Å². The topological polar surface area (TPSA) is 80.8 Å². The van der Waals surface area contributed by atoms with E-state index in [2.05, 4.69) is 25.5 Å². The quantitative estimate of drug-likeness (QED) is 0.530. The number of halogens is 2. The Bertz CT molecular complexity index is 1100. The van der Waals surface area contributed by atoms with Crippen molar-refractivity contribution < 1.29 is 18.6 Å². The number of methoxy groups -OCH3 is 2. The molecule has 0 radical (unpaired) electrons. The minimum absolute atomic E-state index is 0.269. The number of hydrogen-bond donors (Lipinski definition) is 2. The third-order valence-corrected chi connectivity index (χ3v) is 5.25. The summed E-state index contributed by atoms with van der Waals surface area (Å²) in [5.41, 5.74) is 2.28. The molecule has 0 spiro atoms. The van der Waals surface area contributed by atoms with Gasteiger partial charge in [-0.25, -0.2) is 9.37 Å². The van der Waals surface area contributed by atoms with Crippen LogP contribution in [-0.2, 0) is 4.74 Å². The standard InChI is InChI=1S/C22H23ClFN5O3/c1-30-19-11-14(24)3-5-18(19)27-22-25-13-16(23)21(28-22)26-17-6-4-15(12-20(17)31-2)29-7-9-32-10-8-29/h3-6,11-13H,7-10H2,1-2H3,(H2,25,26,27,28). The first-order valence-electron chi connectivity index (χ1n) is 9.98. The molecule has 2 heterocycles. The van der Waals surface area contributed by atoms with Gasteiger partial charge in [0.05, 0.1) is 45.0 Å². The lowest BCUT2D eigenvalue weighted by atomic mass is 10.2. The highest BCUT2D eigenvalue weighted by atomic mass is 35.5. The van der Waals surface area contributed by atoms with E-state index in [1.165, 1.54) is 25.4 Å². The van der Waals surface area contributed by atoms with Crippen LogP contribution < -0.4 is 25.0 Å². The summed E-state index contributed by atoms with van der Waals surface area (Å²) in [4.78, 5) is 10.9. The third-order valence-electron chi connectivity index (χ3n) is 4.97. The van der Waals surface area contributed by atoms with Crippen LogP contribution in [0, 0.1) is 5.82 Å². The number of aromatic nitrogens is 2. The Hall–Kier alpha value is -3.30. The SMILES string of the molecule is COc1cc(F)ccc1Nc1ncc(Cl)c(Nc2ccc(N3CCOCC3)cc2OC)n1. The number of hydrogen-bond acceptors (Lipinski definition) is 8. The van der Waals surface area contributed by atoms with Crippen LogP contribution in [0.5, 0.6) is 11.5 Å². The predicted octanol–water partition coefficient (Wildman–Crippen LogP) is 4.61. The van der Waals surface area contributed by atoms with Gasteiger partial charge in [-0.15, -0.1) is 0 Å². The van der Waals surface area contributed by atoms with Crippen LogP contribution in [0.3, 0.4) is 0 Å². The van der Waals surface area contributed by atoms with Gasteiger partial charge in [-0.3, -0.25) is 0 Å². The number of anilines is 5. The van der Waals surface area contributed by atoms with Gasteiger partial charge < -0.3 is 29.7 Å². The summed E-state index contributed by atoms with van der Waals surface area (Å²) in [5.74, 6) is 1.24. The Kier molecular flexibility index (Phi) is 6.77. The van der Waals surface area contributed by atoms with Gasteiger partial charge in [0.25, 0.3) is 0 Å². The lowest BCUT2D eigenvalue weighted by molar-refractivity contribution is 0.122. The molecule has 2 aromatic carbocycles. The molecule has 0 unspecified atom stereocenters. The monoisotopic (exact) mass is 459 g/mol. The van der Waals surface area contributed by atoms with E-state index in [1.807, 2.05) is 18.2 Å². The number of rotatable bonds is 7. The Morgan fingerprint density at radius 2 is 1.69 bits per heavy atom. The third kappa shape index (κ3) is 4.95. The Labute approximate surface area is 190 Å². The Morgan fingerprint density at radius 1 is 1.00 bits per heavy atom. The molecule has 32 heavy (non-hydrogen) atoms. The molecule has 0 atom stereocenters. The summed E-state index contributed by atoms with van der Waals surface area (Å²) in [5, 5.41) is 6.56. The first-order valence-corrected chi connectivity index (χ1v) is 10.4. The van der Waals surface area contributed by atoms with Gasteiger partial charge in [-0.2, -0.15) is 4.98 Å². The fourth-order valence-electron chi connectivity index (χ4n) is 3.33. The zero-order chi connectivity index (χ0) is 22.5. The van der Waals surface area contributed by atoms with Gasteiger partial charge in [0.15, 0.2) is 5.82 Å². The maximum atomic E-state index is 13.5. The lowest BCUT2D eigenvalue weighted by Crippen LogP contribution is -2.36. The van der Waals surface area contributed by atoms with Crippen molar-refractivity contribution in [2.45, 2.75) is 0 Å². The van der Waals surface area contributed by atoms with E-state index in [4.69, 9.17) is 25.8 Å². The second-order valence-corrected chi connectivity index (χ2v) is 7.38. The van der Waals surface area contributed by atoms with Gasteiger partial charge in [0, 0.05) is 30.9 Å². The van der Waals surface area contributed by atoms with Gasteiger partial charge in [0.2, 0.25) is 5.95 Å². The molecule has 8 nitrogen and oxygen atoms in total. The van der Waals surface area contributed by atoms with Crippen LogP contribution in [0.4, 0.5) is 33.2 Å². The summed E-state index contributed by atoms with van der Waals surface area (Å²) in [6.45, 7) is 3.06. The van der Waals surface area contributed by atoms with Crippen LogP contribution in [0.25, 0.3) is 0 Å². The molecular formula is C22H23ClFN5O3. The normalized spacial score (nSPS) is 13.6. The molecule has 4 rings (SSSR count). The van der Waals surface area contributed by atoms with Crippen LogP contribution in [0.1, 0.15) is 0 Å². The fraction of sp³-hybridized carbons (Fsp3) is 0.273. The predicted molar refractivity (Wildman–Crippen MR) is 123 cm³/mol. The van der Waals surface area contributed by atoms with E-state index in [-0.39, 0.29) is 5.95 Å². The average molecular weight is 460 g/mol. The van der Waals surface area contributed by atoms with Crippen molar-refractivity contribution in [3.05, 3.63) is 53.4 Å². The van der Waals surface area contributed by atoms with Crippen molar-refractivity contribution in [2.75, 3.05) is 56.1 Å². The second kappa shape index (κ2) is 9.88. The average Bonchev–Trinajstić information content (AvgIpc) is 2.83. The summed E-state index contributed by atoms with van der Waals surface area (Å²) in [6, 6.07) is 10.0. The van der Waals surface area contributed by atoms with E-state index in [1.54, 1.807) is 13.2 Å². The van der Waals surface area contributed by atoms with E-state index < -0.39 is 5.82 Å². The van der Waals surface area contributed by atoms with Crippen molar-refractivity contribution in [2.24, 2.45) is 0 Å². The molecule has 1 saturated heterocycles. The van der Waals surface area contributed by atoms with Gasteiger partial charge >= 0.3 is 0 Å². The van der Waals surface area contributed by atoms with Gasteiger partial charge in [0.1, 0.15) is 22.3 Å². The van der Waals surface area contributed by atoms with E-state index in [9.17, 15) is 4.39 Å². The Morgan fingerprint density at radius 3 is 2.44 bits per heavy atom. The maximum absolute atomic E-state index is 13.5. The van der Waals surface area contributed by atoms with Crippen molar-refractivity contribution >= 4 is 40.4 Å². The van der Waals surface area contributed by atoms with Crippen molar-refractivity contribution in [3.63, 3.8) is 0 Å². The van der Waals surface area contributed by atoms with E-state index in [0.717, 1.165) is 18.8 Å². The highest BCUT2D eigenvalue weighted by molar-refractivity contribution is 6.33. The Balaban J connectivity index is 1.57. The van der Waals surface area contributed by atoms with Crippen molar-refractivity contribution in [1.82, 2.24) is 9.97 Å². The lowest BCUT2D eigenvalue weighted by Gasteiger charge is -2.29. The van der Waals surface area contributed by atoms with Crippen molar-refractivity contribution in [3.8, 4) is 11.5 Å². The van der Waals surface area contributed by atoms with E-state index >= 15 is 0 Å². The maximum Gasteiger partial charge on any atom is 0.229 e. The molecule has 1 aliphatic heterocycles. The molecule has 10 heteroatoms. The first-order chi connectivity index (χ1) is 15.6. The number of morpholine rings is 1. The zero-order valence-corrected chi connectivity index (χ0v) is 18.4. The smallest absolute Gasteiger partial charge is 0.229 e. The molecule has 0 saturated carbocycles. The summed E-state index contributed by atoms with van der Waals surface area (Å²) < 4.78 is 29.7. The van der Waals surface area contributed by atoms with Crippen LogP contribution in [0.2, 0.25) is 5.02 Å². The highest BCUT2D eigenvalue weighted by Crippen LogP contribution is 2.34. The fourth-order valence-corrected chi connectivity index (χ4v) is 3.47. The number of ether oxygens (including phenoxy) is 3. The largest absolute Gasteiger partial charge is 0.494 e. The van der Waals surface area contributed by atoms with Crippen LogP contribution in [-0.4, -0.2) is 50.5 Å². The minimum atomic E-state index is -0.403. The number of benzene rings is 2. The summed E-state index contributed by atoms with van der Waals surface area (Å²) in [6.07, 6.45) is 1.48. The van der Waals surface area contributed by atoms with Crippen LogP contribution >= 0.6 is 11.6 Å². The number of nitrogens with one attached hydrogen (secondary N) is 2.